The van der Waals surface area contributed by atoms with Gasteiger partial charge in [0.1, 0.15) is 5.82 Å². The zero-order chi connectivity index (χ0) is 14.4. The Morgan fingerprint density at radius 2 is 1.70 bits per heavy atom. The molecule has 0 saturated carbocycles. The van der Waals surface area contributed by atoms with Gasteiger partial charge in [0.25, 0.3) is 0 Å². The van der Waals surface area contributed by atoms with Crippen molar-refractivity contribution in [3.63, 3.8) is 0 Å². The van der Waals surface area contributed by atoms with Gasteiger partial charge in [-0.3, -0.25) is 0 Å². The van der Waals surface area contributed by atoms with Crippen LogP contribution in [0.2, 0.25) is 0 Å². The van der Waals surface area contributed by atoms with Crippen LogP contribution in [-0.4, -0.2) is 29.6 Å². The second-order valence-corrected chi connectivity index (χ2v) is 8.71. The molecule has 1 aromatic rings. The van der Waals surface area contributed by atoms with Crippen molar-refractivity contribution in [2.24, 2.45) is 0 Å². The fourth-order valence-corrected chi connectivity index (χ4v) is 6.29. The first-order chi connectivity index (χ1) is 9.39. The van der Waals surface area contributed by atoms with Crippen molar-refractivity contribution in [1.82, 2.24) is 0 Å². The predicted octanol–water partition coefficient (Wildman–Crippen LogP) is 2.23. The van der Waals surface area contributed by atoms with Crippen LogP contribution in [0.4, 0.5) is 4.39 Å². The van der Waals surface area contributed by atoms with E-state index in [9.17, 15) is 17.9 Å². The molecule has 2 unspecified atom stereocenters. The molecule has 2 saturated heterocycles. The van der Waals surface area contributed by atoms with Gasteiger partial charge in [-0.15, -0.1) is 0 Å². The summed E-state index contributed by atoms with van der Waals surface area (Å²) in [5.41, 5.74) is -0.120. The van der Waals surface area contributed by atoms with E-state index in [2.05, 4.69) is 0 Å². The maximum atomic E-state index is 12.9. The molecular weight excluding hydrogens is 279 g/mol. The SMILES string of the molecule is O=S1(=O)C2CCCC1CC(O)(Cc1ccc(F)cc1)C2. The lowest BCUT2D eigenvalue weighted by atomic mass is 9.81. The van der Waals surface area contributed by atoms with Gasteiger partial charge in [0.05, 0.1) is 16.1 Å². The third-order valence-electron chi connectivity index (χ3n) is 4.64. The molecule has 2 aliphatic rings. The zero-order valence-electron chi connectivity index (χ0n) is 11.3. The lowest BCUT2D eigenvalue weighted by Crippen LogP contribution is -2.52. The van der Waals surface area contributed by atoms with Crippen LogP contribution in [0, 0.1) is 5.82 Å². The minimum Gasteiger partial charge on any atom is -0.389 e. The topological polar surface area (TPSA) is 54.4 Å². The van der Waals surface area contributed by atoms with Gasteiger partial charge in [0, 0.05) is 6.42 Å². The maximum absolute atomic E-state index is 12.9. The Kier molecular flexibility index (Phi) is 3.37. The van der Waals surface area contributed by atoms with Crippen molar-refractivity contribution in [1.29, 1.82) is 0 Å². The fraction of sp³-hybridized carbons (Fsp3) is 0.600. The molecule has 3 rings (SSSR count). The van der Waals surface area contributed by atoms with Gasteiger partial charge < -0.3 is 5.11 Å². The second-order valence-electron chi connectivity index (χ2n) is 6.20. The molecular formula is C15H19FO3S. The summed E-state index contributed by atoms with van der Waals surface area (Å²) in [5.74, 6) is -0.302. The van der Waals surface area contributed by atoms with Crippen LogP contribution in [0.1, 0.15) is 37.7 Å². The Morgan fingerprint density at radius 1 is 1.15 bits per heavy atom. The summed E-state index contributed by atoms with van der Waals surface area (Å²) in [7, 11) is -3.06. The quantitative estimate of drug-likeness (QED) is 0.911. The molecule has 0 amide bonds. The lowest BCUT2D eigenvalue weighted by Gasteiger charge is -2.44. The molecule has 5 heteroatoms. The number of halogens is 1. The van der Waals surface area contributed by atoms with Crippen molar-refractivity contribution >= 4 is 9.84 Å². The van der Waals surface area contributed by atoms with E-state index in [1.807, 2.05) is 0 Å². The molecule has 0 aliphatic carbocycles. The Morgan fingerprint density at radius 3 is 2.25 bits per heavy atom. The number of sulfone groups is 1. The average Bonchev–Trinajstić information content (AvgIpc) is 2.35. The van der Waals surface area contributed by atoms with Gasteiger partial charge in [-0.25, -0.2) is 12.8 Å². The molecule has 2 heterocycles. The highest BCUT2D eigenvalue weighted by molar-refractivity contribution is 7.92. The van der Waals surface area contributed by atoms with E-state index < -0.39 is 25.9 Å². The molecule has 1 aromatic carbocycles. The first-order valence-corrected chi connectivity index (χ1v) is 8.70. The number of benzene rings is 1. The first kappa shape index (κ1) is 14.0. The third kappa shape index (κ3) is 2.49. The van der Waals surface area contributed by atoms with E-state index in [1.54, 1.807) is 12.1 Å². The van der Waals surface area contributed by atoms with E-state index in [-0.39, 0.29) is 5.82 Å². The number of hydrogen-bond acceptors (Lipinski definition) is 3. The van der Waals surface area contributed by atoms with E-state index >= 15 is 0 Å². The van der Waals surface area contributed by atoms with Crippen molar-refractivity contribution in [3.05, 3.63) is 35.6 Å². The monoisotopic (exact) mass is 298 g/mol. The Bertz CT molecular complexity index is 574. The Hall–Kier alpha value is -0.940. The zero-order valence-corrected chi connectivity index (χ0v) is 12.1. The molecule has 1 N–H and O–H groups in total. The molecule has 110 valence electrons. The highest BCUT2D eigenvalue weighted by Gasteiger charge is 2.50. The van der Waals surface area contributed by atoms with Crippen LogP contribution in [0.3, 0.4) is 0 Å². The number of aliphatic hydroxyl groups is 1. The molecule has 0 aromatic heterocycles. The third-order valence-corrected chi connectivity index (χ3v) is 7.31. The molecule has 2 atom stereocenters. The molecule has 3 nitrogen and oxygen atoms in total. The average molecular weight is 298 g/mol. The number of hydrogen-bond donors (Lipinski definition) is 1. The molecule has 20 heavy (non-hydrogen) atoms. The summed E-state index contributed by atoms with van der Waals surface area (Å²) in [4.78, 5) is 0. The van der Waals surface area contributed by atoms with E-state index in [0.29, 0.717) is 32.1 Å². The summed E-state index contributed by atoms with van der Waals surface area (Å²) in [5, 5.41) is 9.97. The van der Waals surface area contributed by atoms with Crippen molar-refractivity contribution in [2.45, 2.75) is 54.6 Å². The minimum absolute atomic E-state index is 0.302. The van der Waals surface area contributed by atoms with E-state index in [0.717, 1.165) is 12.0 Å². The summed E-state index contributed by atoms with van der Waals surface area (Å²) in [6, 6.07) is 6.07. The predicted molar refractivity (Wildman–Crippen MR) is 74.6 cm³/mol. The first-order valence-electron chi connectivity index (χ1n) is 7.09. The van der Waals surface area contributed by atoms with Gasteiger partial charge in [0.15, 0.2) is 9.84 Å². The molecule has 2 fully saturated rings. The number of fused-ring (bicyclic) bond motifs is 2. The van der Waals surface area contributed by atoms with Gasteiger partial charge >= 0.3 is 0 Å². The van der Waals surface area contributed by atoms with Gasteiger partial charge in [-0.1, -0.05) is 18.6 Å². The smallest absolute Gasteiger partial charge is 0.156 e. The molecule has 2 bridgehead atoms. The van der Waals surface area contributed by atoms with Gasteiger partial charge in [0.2, 0.25) is 0 Å². The van der Waals surface area contributed by atoms with E-state index in [4.69, 9.17) is 0 Å². The van der Waals surface area contributed by atoms with Crippen molar-refractivity contribution < 1.29 is 17.9 Å². The van der Waals surface area contributed by atoms with Gasteiger partial charge in [-0.2, -0.15) is 0 Å². The van der Waals surface area contributed by atoms with Crippen LogP contribution in [0.25, 0.3) is 0 Å². The Balaban J connectivity index is 1.82. The summed E-state index contributed by atoms with van der Waals surface area (Å²) >= 11 is 0. The molecule has 0 radical (unpaired) electrons. The lowest BCUT2D eigenvalue weighted by molar-refractivity contribution is 0.00988. The van der Waals surface area contributed by atoms with Crippen LogP contribution in [0.5, 0.6) is 0 Å². The van der Waals surface area contributed by atoms with Crippen molar-refractivity contribution in [3.8, 4) is 0 Å². The van der Waals surface area contributed by atoms with E-state index in [1.165, 1.54) is 12.1 Å². The largest absolute Gasteiger partial charge is 0.389 e. The Labute approximate surface area is 118 Å². The summed E-state index contributed by atoms with van der Waals surface area (Å²) in [6.07, 6.45) is 3.26. The second kappa shape index (κ2) is 4.81. The van der Waals surface area contributed by atoms with Crippen LogP contribution < -0.4 is 0 Å². The maximum Gasteiger partial charge on any atom is 0.156 e. The standard InChI is InChI=1S/C15H19FO3S/c16-12-6-4-11(5-7-12)8-15(17)9-13-2-1-3-14(10-15)20(13,18)19/h4-7,13-14,17H,1-3,8-10H2. The number of rotatable bonds is 2. The van der Waals surface area contributed by atoms with Crippen molar-refractivity contribution in [2.75, 3.05) is 0 Å². The highest BCUT2D eigenvalue weighted by atomic mass is 32.2. The molecule has 0 spiro atoms. The highest BCUT2D eigenvalue weighted by Crippen LogP contribution is 2.42. The summed E-state index contributed by atoms with van der Waals surface area (Å²) < 4.78 is 37.3. The fourth-order valence-electron chi connectivity index (χ4n) is 3.67. The van der Waals surface area contributed by atoms with Gasteiger partial charge in [-0.05, 0) is 43.4 Å². The summed E-state index contributed by atoms with van der Waals surface area (Å²) in [6.45, 7) is 0. The van der Waals surface area contributed by atoms with Crippen LogP contribution in [0.15, 0.2) is 24.3 Å². The molecule has 2 aliphatic heterocycles. The minimum atomic E-state index is -3.06. The van der Waals surface area contributed by atoms with Crippen LogP contribution >= 0.6 is 0 Å². The van der Waals surface area contributed by atoms with Crippen LogP contribution in [-0.2, 0) is 16.3 Å². The normalized spacial score (nSPS) is 35.7.